The van der Waals surface area contributed by atoms with Crippen molar-refractivity contribution in [2.24, 2.45) is 7.05 Å². The van der Waals surface area contributed by atoms with Crippen LogP contribution in [-0.4, -0.2) is 19.6 Å². The first-order valence-corrected chi connectivity index (χ1v) is 6.85. The van der Waals surface area contributed by atoms with Gasteiger partial charge in [0, 0.05) is 38.4 Å². The van der Waals surface area contributed by atoms with Gasteiger partial charge in [0.15, 0.2) is 0 Å². The van der Waals surface area contributed by atoms with E-state index in [1.54, 1.807) is 0 Å². The second kappa shape index (κ2) is 6.02. The van der Waals surface area contributed by atoms with Crippen molar-refractivity contribution in [3.8, 4) is 0 Å². The Kier molecular flexibility index (Phi) is 4.37. The van der Waals surface area contributed by atoms with Gasteiger partial charge in [-0.3, -0.25) is 9.36 Å². The van der Waals surface area contributed by atoms with Gasteiger partial charge in [-0.15, -0.1) is 0 Å². The molecule has 2 rings (SSSR count). The summed E-state index contributed by atoms with van der Waals surface area (Å²) in [6.07, 6.45) is 4.00. The molecule has 0 atom stereocenters. The molecule has 0 aliphatic carbocycles. The van der Waals surface area contributed by atoms with Crippen molar-refractivity contribution in [2.45, 2.75) is 46.3 Å². The minimum Gasteiger partial charge on any atom is -0.307 e. The maximum absolute atomic E-state index is 4.51. The van der Waals surface area contributed by atoms with Crippen molar-refractivity contribution in [3.05, 3.63) is 35.4 Å². The molecule has 5 heteroatoms. The van der Waals surface area contributed by atoms with Crippen molar-refractivity contribution in [3.63, 3.8) is 0 Å². The lowest BCUT2D eigenvalue weighted by Gasteiger charge is -2.03. The quantitative estimate of drug-likeness (QED) is 0.865. The number of nitrogens with zero attached hydrogens (tertiary/aromatic N) is 4. The summed E-state index contributed by atoms with van der Waals surface area (Å²) in [6.45, 7) is 9.00. The largest absolute Gasteiger partial charge is 0.307 e. The summed E-state index contributed by atoms with van der Waals surface area (Å²) < 4.78 is 3.90. The van der Waals surface area contributed by atoms with Crippen molar-refractivity contribution in [1.82, 2.24) is 24.9 Å². The van der Waals surface area contributed by atoms with Gasteiger partial charge < -0.3 is 5.32 Å². The summed E-state index contributed by atoms with van der Waals surface area (Å²) in [5.41, 5.74) is 3.58. The Labute approximate surface area is 114 Å². The molecule has 0 saturated heterocycles. The average molecular weight is 261 g/mol. The Morgan fingerprint density at radius 1 is 1.32 bits per heavy atom. The highest BCUT2D eigenvalue weighted by Gasteiger charge is 2.07. The number of hydrogen-bond acceptors (Lipinski definition) is 3. The fourth-order valence-electron chi connectivity index (χ4n) is 1.98. The van der Waals surface area contributed by atoms with Crippen molar-refractivity contribution in [2.75, 3.05) is 0 Å². The summed E-state index contributed by atoms with van der Waals surface area (Å²) in [6, 6.07) is 2.17. The first-order chi connectivity index (χ1) is 9.10. The maximum Gasteiger partial charge on any atom is 0.0653 e. The Balaban J connectivity index is 1.88. The number of nitrogens with one attached hydrogen (secondary N) is 1. The average Bonchev–Trinajstić information content (AvgIpc) is 2.97. The molecule has 2 aromatic rings. The van der Waals surface area contributed by atoms with Crippen LogP contribution in [-0.2, 0) is 26.7 Å². The highest BCUT2D eigenvalue weighted by atomic mass is 15.3. The van der Waals surface area contributed by atoms with Gasteiger partial charge in [-0.1, -0.05) is 13.8 Å². The molecule has 2 heterocycles. The third-order valence-corrected chi connectivity index (χ3v) is 3.23. The van der Waals surface area contributed by atoms with Gasteiger partial charge in [0.1, 0.15) is 0 Å². The van der Waals surface area contributed by atoms with Crippen LogP contribution in [0.15, 0.2) is 18.5 Å². The van der Waals surface area contributed by atoms with Crippen LogP contribution in [0.25, 0.3) is 0 Å². The van der Waals surface area contributed by atoms with E-state index >= 15 is 0 Å². The van der Waals surface area contributed by atoms with E-state index in [2.05, 4.69) is 48.5 Å². The standard InChI is InChI=1S/C14H23N5/c1-5-19-10-12(8-16-19)7-15-9-13-6-14(11(2)3)17-18(13)4/h6,8,10-11,15H,5,7,9H2,1-4H3. The summed E-state index contributed by atoms with van der Waals surface area (Å²) >= 11 is 0. The molecule has 1 N–H and O–H groups in total. The zero-order valence-corrected chi connectivity index (χ0v) is 12.2. The first kappa shape index (κ1) is 13.8. The summed E-state index contributed by atoms with van der Waals surface area (Å²) in [5.74, 6) is 0.475. The zero-order chi connectivity index (χ0) is 13.8. The Morgan fingerprint density at radius 3 is 2.68 bits per heavy atom. The van der Waals surface area contributed by atoms with Crippen LogP contribution in [0, 0.1) is 0 Å². The lowest BCUT2D eigenvalue weighted by atomic mass is 10.1. The van der Waals surface area contributed by atoms with Crippen LogP contribution in [0.3, 0.4) is 0 Å². The molecule has 0 fully saturated rings. The van der Waals surface area contributed by atoms with E-state index < -0.39 is 0 Å². The van der Waals surface area contributed by atoms with Crippen molar-refractivity contribution >= 4 is 0 Å². The summed E-state index contributed by atoms with van der Waals surface area (Å²) in [5, 5.41) is 12.2. The smallest absolute Gasteiger partial charge is 0.0653 e. The molecule has 0 amide bonds. The first-order valence-electron chi connectivity index (χ1n) is 6.85. The van der Waals surface area contributed by atoms with E-state index in [9.17, 15) is 0 Å². The van der Waals surface area contributed by atoms with E-state index in [4.69, 9.17) is 0 Å². The van der Waals surface area contributed by atoms with Gasteiger partial charge in [0.05, 0.1) is 17.6 Å². The highest BCUT2D eigenvalue weighted by molar-refractivity contribution is 5.13. The number of aromatic nitrogens is 4. The number of hydrogen-bond donors (Lipinski definition) is 1. The van der Waals surface area contributed by atoms with Gasteiger partial charge in [-0.25, -0.2) is 0 Å². The molecule has 0 radical (unpaired) electrons. The second-order valence-electron chi connectivity index (χ2n) is 5.15. The third kappa shape index (κ3) is 3.44. The van der Waals surface area contributed by atoms with E-state index in [1.165, 1.54) is 11.3 Å². The van der Waals surface area contributed by atoms with Crippen LogP contribution in [0.2, 0.25) is 0 Å². The Morgan fingerprint density at radius 2 is 2.11 bits per heavy atom. The fourth-order valence-corrected chi connectivity index (χ4v) is 1.98. The molecule has 104 valence electrons. The Bertz CT molecular complexity index is 524. The van der Waals surface area contributed by atoms with Crippen molar-refractivity contribution < 1.29 is 0 Å². The molecule has 19 heavy (non-hydrogen) atoms. The molecule has 0 unspecified atom stereocenters. The van der Waals surface area contributed by atoms with Crippen LogP contribution in [0.4, 0.5) is 0 Å². The van der Waals surface area contributed by atoms with E-state index in [0.717, 1.165) is 25.3 Å². The number of rotatable bonds is 6. The monoisotopic (exact) mass is 261 g/mol. The zero-order valence-electron chi connectivity index (χ0n) is 12.2. The molecule has 0 aliphatic rings. The second-order valence-corrected chi connectivity index (χ2v) is 5.15. The molecule has 0 spiro atoms. The summed E-state index contributed by atoms with van der Waals surface area (Å²) in [7, 11) is 2.00. The van der Waals surface area contributed by atoms with Crippen LogP contribution < -0.4 is 5.32 Å². The topological polar surface area (TPSA) is 47.7 Å². The minimum absolute atomic E-state index is 0.475. The van der Waals surface area contributed by atoms with Gasteiger partial charge in [-0.2, -0.15) is 10.2 Å². The number of aryl methyl sites for hydroxylation is 2. The van der Waals surface area contributed by atoms with Gasteiger partial charge >= 0.3 is 0 Å². The van der Waals surface area contributed by atoms with E-state index in [1.807, 2.05) is 22.6 Å². The predicted molar refractivity (Wildman–Crippen MR) is 75.7 cm³/mol. The van der Waals surface area contributed by atoms with Crippen LogP contribution >= 0.6 is 0 Å². The fraction of sp³-hybridized carbons (Fsp3) is 0.571. The normalized spacial score (nSPS) is 11.4. The SMILES string of the molecule is CCn1cc(CNCc2cc(C(C)C)nn2C)cn1. The van der Waals surface area contributed by atoms with Gasteiger partial charge in [0.25, 0.3) is 0 Å². The third-order valence-electron chi connectivity index (χ3n) is 3.23. The van der Waals surface area contributed by atoms with Crippen molar-refractivity contribution in [1.29, 1.82) is 0 Å². The molecule has 0 aliphatic heterocycles. The lowest BCUT2D eigenvalue weighted by molar-refractivity contribution is 0.618. The molecular weight excluding hydrogens is 238 g/mol. The van der Waals surface area contributed by atoms with E-state index in [0.29, 0.717) is 5.92 Å². The van der Waals surface area contributed by atoms with Gasteiger partial charge in [-0.05, 0) is 18.9 Å². The molecule has 0 saturated carbocycles. The molecule has 5 nitrogen and oxygen atoms in total. The van der Waals surface area contributed by atoms with E-state index in [-0.39, 0.29) is 0 Å². The minimum atomic E-state index is 0.475. The highest BCUT2D eigenvalue weighted by Crippen LogP contribution is 2.13. The predicted octanol–water partition coefficient (Wildman–Crippen LogP) is 2.05. The molecule has 0 aromatic carbocycles. The molecule has 2 aromatic heterocycles. The Hall–Kier alpha value is -1.62. The van der Waals surface area contributed by atoms with Crippen LogP contribution in [0.5, 0.6) is 0 Å². The van der Waals surface area contributed by atoms with Gasteiger partial charge in [0.2, 0.25) is 0 Å². The molecular formula is C14H23N5. The summed E-state index contributed by atoms with van der Waals surface area (Å²) in [4.78, 5) is 0. The lowest BCUT2D eigenvalue weighted by Crippen LogP contribution is -2.14. The molecule has 0 bridgehead atoms. The van der Waals surface area contributed by atoms with Crippen LogP contribution in [0.1, 0.15) is 43.6 Å². The maximum atomic E-state index is 4.51.